The fraction of sp³-hybridized carbons (Fsp3) is 0.353. The van der Waals surface area contributed by atoms with Crippen LogP contribution in [0.25, 0.3) is 10.6 Å². The first-order valence-electron chi connectivity index (χ1n) is 7.73. The van der Waals surface area contributed by atoms with Gasteiger partial charge in [0.05, 0.1) is 12.7 Å². The lowest BCUT2D eigenvalue weighted by Crippen LogP contribution is -2.30. The van der Waals surface area contributed by atoms with Gasteiger partial charge in [-0.3, -0.25) is 4.79 Å². The molecule has 124 valence electrons. The lowest BCUT2D eigenvalue weighted by Gasteiger charge is -2.14. The van der Waals surface area contributed by atoms with E-state index in [1.165, 1.54) is 11.3 Å². The molecule has 6 nitrogen and oxygen atoms in total. The molecule has 0 radical (unpaired) electrons. The summed E-state index contributed by atoms with van der Waals surface area (Å²) in [5.74, 6) is 1.02. The third-order valence-electron chi connectivity index (χ3n) is 4.10. The van der Waals surface area contributed by atoms with Crippen LogP contribution >= 0.6 is 11.3 Å². The quantitative estimate of drug-likeness (QED) is 0.666. The third kappa shape index (κ3) is 3.34. The second kappa shape index (κ2) is 7.32. The van der Waals surface area contributed by atoms with Gasteiger partial charge in [-0.2, -0.15) is 5.26 Å². The molecule has 0 unspecified atom stereocenters. The van der Waals surface area contributed by atoms with Gasteiger partial charge in [0, 0.05) is 25.0 Å². The average molecular weight is 342 g/mol. The monoisotopic (exact) mass is 342 g/mol. The molecule has 0 saturated carbocycles. The molecule has 0 bridgehead atoms. The number of hydrogen-bond acceptors (Lipinski definition) is 6. The van der Waals surface area contributed by atoms with Gasteiger partial charge in [0.25, 0.3) is 5.91 Å². The van der Waals surface area contributed by atoms with E-state index in [0.29, 0.717) is 31.2 Å². The Morgan fingerprint density at radius 2 is 2.38 bits per heavy atom. The Morgan fingerprint density at radius 1 is 1.54 bits per heavy atom. The minimum Gasteiger partial charge on any atom is -0.496 e. The van der Waals surface area contributed by atoms with Gasteiger partial charge < -0.3 is 15.0 Å². The van der Waals surface area contributed by atoms with E-state index in [-0.39, 0.29) is 5.91 Å². The van der Waals surface area contributed by atoms with Gasteiger partial charge in [-0.25, -0.2) is 4.98 Å². The van der Waals surface area contributed by atoms with Gasteiger partial charge in [-0.05, 0) is 24.5 Å². The number of benzene rings is 1. The van der Waals surface area contributed by atoms with Crippen molar-refractivity contribution in [1.82, 2.24) is 15.2 Å². The zero-order valence-corrected chi connectivity index (χ0v) is 14.2. The van der Waals surface area contributed by atoms with E-state index in [0.717, 1.165) is 22.7 Å². The molecule has 1 N–H and O–H groups in total. The van der Waals surface area contributed by atoms with Crippen LogP contribution in [0.2, 0.25) is 0 Å². The number of para-hydroxylation sites is 1. The van der Waals surface area contributed by atoms with Crippen molar-refractivity contribution in [2.24, 2.45) is 5.92 Å². The summed E-state index contributed by atoms with van der Waals surface area (Å²) in [5, 5.41) is 13.8. The molecule has 1 aromatic carbocycles. The molecule has 1 aliphatic rings. The first-order valence-corrected chi connectivity index (χ1v) is 8.61. The Kier molecular flexibility index (Phi) is 4.96. The lowest BCUT2D eigenvalue weighted by molar-refractivity contribution is 0.0782. The van der Waals surface area contributed by atoms with E-state index in [1.807, 2.05) is 35.4 Å². The smallest absolute Gasteiger partial charge is 0.273 e. The van der Waals surface area contributed by atoms with Gasteiger partial charge >= 0.3 is 0 Å². The third-order valence-corrected chi connectivity index (χ3v) is 4.98. The number of thiazole rings is 1. The van der Waals surface area contributed by atoms with Gasteiger partial charge in [0.2, 0.25) is 0 Å². The van der Waals surface area contributed by atoms with Crippen LogP contribution in [-0.2, 0) is 0 Å². The first kappa shape index (κ1) is 16.3. The highest BCUT2D eigenvalue weighted by molar-refractivity contribution is 7.13. The van der Waals surface area contributed by atoms with E-state index in [4.69, 9.17) is 10.00 Å². The van der Waals surface area contributed by atoms with Crippen LogP contribution in [0.1, 0.15) is 16.9 Å². The number of nitriles is 1. The summed E-state index contributed by atoms with van der Waals surface area (Å²) in [6, 6.07) is 7.65. The Labute approximate surface area is 144 Å². The Hall–Kier alpha value is -2.59. The molecule has 0 spiro atoms. The van der Waals surface area contributed by atoms with Gasteiger partial charge in [0.1, 0.15) is 16.5 Å². The molecule has 7 heteroatoms. The van der Waals surface area contributed by atoms with Gasteiger partial charge in [-0.1, -0.05) is 12.1 Å². The SMILES string of the molecule is COc1ccccc1-c1nc(C(=O)N2CC[C@@H](CNC#N)C2)cs1. The largest absolute Gasteiger partial charge is 0.496 e. The highest BCUT2D eigenvalue weighted by Gasteiger charge is 2.28. The predicted molar refractivity (Wildman–Crippen MR) is 91.7 cm³/mol. The molecule has 1 atom stereocenters. The van der Waals surface area contributed by atoms with E-state index in [2.05, 4.69) is 10.3 Å². The number of carbonyl (C=O) groups excluding carboxylic acids is 1. The normalized spacial score (nSPS) is 16.7. The number of ether oxygens (including phenoxy) is 1. The highest BCUT2D eigenvalue weighted by atomic mass is 32.1. The molecule has 1 fully saturated rings. The first-order chi connectivity index (χ1) is 11.7. The van der Waals surface area contributed by atoms with Crippen molar-refractivity contribution in [3.63, 3.8) is 0 Å². The van der Waals surface area contributed by atoms with Crippen LogP contribution < -0.4 is 10.1 Å². The molecule has 1 amide bonds. The Balaban J connectivity index is 1.72. The molecule has 1 aliphatic heterocycles. The van der Waals surface area contributed by atoms with Crippen LogP contribution in [0.4, 0.5) is 0 Å². The fourth-order valence-electron chi connectivity index (χ4n) is 2.85. The van der Waals surface area contributed by atoms with E-state index in [9.17, 15) is 4.79 Å². The maximum absolute atomic E-state index is 12.6. The summed E-state index contributed by atoms with van der Waals surface area (Å²) in [5.41, 5.74) is 1.36. The van der Waals surface area contributed by atoms with Crippen LogP contribution in [0.3, 0.4) is 0 Å². The maximum atomic E-state index is 12.6. The summed E-state index contributed by atoms with van der Waals surface area (Å²) >= 11 is 1.44. The second-order valence-electron chi connectivity index (χ2n) is 5.64. The van der Waals surface area contributed by atoms with Crippen molar-refractivity contribution in [3.8, 4) is 22.5 Å². The van der Waals surface area contributed by atoms with Crippen molar-refractivity contribution in [3.05, 3.63) is 35.3 Å². The summed E-state index contributed by atoms with van der Waals surface area (Å²) < 4.78 is 5.36. The van der Waals surface area contributed by atoms with Crippen molar-refractivity contribution in [2.45, 2.75) is 6.42 Å². The molecule has 2 heterocycles. The fourth-order valence-corrected chi connectivity index (χ4v) is 3.68. The van der Waals surface area contributed by atoms with Crippen molar-refractivity contribution < 1.29 is 9.53 Å². The molecule has 0 aliphatic carbocycles. The van der Waals surface area contributed by atoms with E-state index < -0.39 is 0 Å². The molecule has 1 aromatic heterocycles. The van der Waals surface area contributed by atoms with Gasteiger partial charge in [0.15, 0.2) is 6.19 Å². The minimum absolute atomic E-state index is 0.0492. The number of amides is 1. The minimum atomic E-state index is -0.0492. The molecule has 24 heavy (non-hydrogen) atoms. The number of methoxy groups -OCH3 is 1. The molecule has 1 saturated heterocycles. The van der Waals surface area contributed by atoms with E-state index in [1.54, 1.807) is 12.5 Å². The average Bonchev–Trinajstić information content (AvgIpc) is 3.29. The lowest BCUT2D eigenvalue weighted by atomic mass is 10.1. The number of rotatable bonds is 5. The van der Waals surface area contributed by atoms with Crippen LogP contribution in [0.15, 0.2) is 29.6 Å². The Morgan fingerprint density at radius 3 is 3.17 bits per heavy atom. The van der Waals surface area contributed by atoms with Crippen molar-refractivity contribution in [1.29, 1.82) is 5.26 Å². The van der Waals surface area contributed by atoms with Crippen molar-refractivity contribution in [2.75, 3.05) is 26.7 Å². The number of likely N-dealkylation sites (tertiary alicyclic amines) is 1. The van der Waals surface area contributed by atoms with Gasteiger partial charge in [-0.15, -0.1) is 11.3 Å². The van der Waals surface area contributed by atoms with Crippen molar-refractivity contribution >= 4 is 17.2 Å². The molecular weight excluding hydrogens is 324 g/mol. The van der Waals surface area contributed by atoms with Crippen LogP contribution in [0.5, 0.6) is 5.75 Å². The Bertz CT molecular complexity index is 768. The zero-order chi connectivity index (χ0) is 16.9. The maximum Gasteiger partial charge on any atom is 0.273 e. The second-order valence-corrected chi connectivity index (χ2v) is 6.49. The number of aromatic nitrogens is 1. The van der Waals surface area contributed by atoms with E-state index >= 15 is 0 Å². The standard InChI is InChI=1S/C17H18N4O2S/c1-23-15-5-3-2-4-13(15)16-20-14(10-24-16)17(22)21-7-6-12(9-21)8-19-11-18/h2-5,10,12,19H,6-9H2,1H3/t12-/m0/s1. The zero-order valence-electron chi connectivity index (χ0n) is 13.4. The summed E-state index contributed by atoms with van der Waals surface area (Å²) in [6.07, 6.45) is 2.83. The molecule has 3 rings (SSSR count). The molecular formula is C17H18N4O2S. The number of carbonyl (C=O) groups is 1. The highest BCUT2D eigenvalue weighted by Crippen LogP contribution is 2.32. The topological polar surface area (TPSA) is 78.2 Å². The number of nitrogens with zero attached hydrogens (tertiary/aromatic N) is 3. The van der Waals surface area contributed by atoms with Crippen LogP contribution in [0, 0.1) is 17.4 Å². The summed E-state index contributed by atoms with van der Waals surface area (Å²) in [4.78, 5) is 18.9. The summed E-state index contributed by atoms with van der Waals surface area (Å²) in [6.45, 7) is 1.98. The molecule has 2 aromatic rings. The number of nitrogens with one attached hydrogen (secondary N) is 1. The van der Waals surface area contributed by atoms with Crippen LogP contribution in [-0.4, -0.2) is 42.5 Å². The number of hydrogen-bond donors (Lipinski definition) is 1. The summed E-state index contributed by atoms with van der Waals surface area (Å²) in [7, 11) is 1.62. The predicted octanol–water partition coefficient (Wildman–Crippen LogP) is 2.35.